The summed E-state index contributed by atoms with van der Waals surface area (Å²) in [4.78, 5) is 41.2. The van der Waals surface area contributed by atoms with Gasteiger partial charge in [-0.2, -0.15) is 5.26 Å². The van der Waals surface area contributed by atoms with Crippen LogP contribution in [0.1, 0.15) is 93.4 Å². The van der Waals surface area contributed by atoms with Crippen molar-refractivity contribution in [1.82, 2.24) is 0 Å². The number of hydrogen-bond donors (Lipinski definition) is 2. The molecule has 39 heavy (non-hydrogen) atoms. The molecule has 0 aliphatic heterocycles. The van der Waals surface area contributed by atoms with Crippen molar-refractivity contribution in [3.05, 3.63) is 11.6 Å². The number of rotatable bonds is 1. The highest BCUT2D eigenvalue weighted by atomic mass is 16.5. The molecule has 0 amide bonds. The molecular formula is C32H45NO6. The topological polar surface area (TPSA) is 125 Å². The molecule has 5 aliphatic carbocycles. The van der Waals surface area contributed by atoms with Crippen LogP contribution in [0, 0.1) is 61.6 Å². The van der Waals surface area contributed by atoms with E-state index in [9.17, 15) is 29.9 Å². The van der Waals surface area contributed by atoms with Gasteiger partial charge in [-0.3, -0.25) is 14.4 Å². The fourth-order valence-corrected chi connectivity index (χ4v) is 10.7. The molecule has 5 rings (SSSR count). The molecule has 214 valence electrons. The van der Waals surface area contributed by atoms with Gasteiger partial charge in [-0.05, 0) is 79.1 Å². The summed E-state index contributed by atoms with van der Waals surface area (Å²) in [5.74, 6) is -1.82. The van der Waals surface area contributed by atoms with Crippen molar-refractivity contribution in [2.45, 2.75) is 105 Å². The zero-order chi connectivity index (χ0) is 29.2. The van der Waals surface area contributed by atoms with Gasteiger partial charge in [0.05, 0.1) is 12.5 Å². The summed E-state index contributed by atoms with van der Waals surface area (Å²) < 4.78 is 5.38. The van der Waals surface area contributed by atoms with E-state index in [0.717, 1.165) is 24.8 Å². The van der Waals surface area contributed by atoms with Crippen molar-refractivity contribution >= 4 is 17.5 Å². The van der Waals surface area contributed by atoms with E-state index in [4.69, 9.17) is 4.74 Å². The Labute approximate surface area is 232 Å². The van der Waals surface area contributed by atoms with Crippen molar-refractivity contribution in [2.24, 2.45) is 50.2 Å². The Morgan fingerprint density at radius 2 is 1.64 bits per heavy atom. The van der Waals surface area contributed by atoms with E-state index in [2.05, 4.69) is 27.7 Å². The minimum Gasteiger partial charge on any atom is -0.469 e. The van der Waals surface area contributed by atoms with E-state index >= 15 is 0 Å². The van der Waals surface area contributed by atoms with Crippen LogP contribution in [-0.2, 0) is 19.1 Å². The smallest absolute Gasteiger partial charge is 0.312 e. The molecule has 0 radical (unpaired) electrons. The predicted molar refractivity (Wildman–Crippen MR) is 144 cm³/mol. The van der Waals surface area contributed by atoms with E-state index < -0.39 is 44.6 Å². The van der Waals surface area contributed by atoms with Gasteiger partial charge in [-0.1, -0.05) is 54.0 Å². The molecule has 7 heteroatoms. The van der Waals surface area contributed by atoms with E-state index in [1.54, 1.807) is 26.0 Å². The lowest BCUT2D eigenvalue weighted by Crippen LogP contribution is -2.73. The maximum Gasteiger partial charge on any atom is 0.312 e. The van der Waals surface area contributed by atoms with Crippen LogP contribution in [0.5, 0.6) is 0 Å². The number of Topliss-reactive ketones (excluding diaryl/α,β-unsaturated/α-hetero) is 1. The number of nitrogens with zero attached hydrogens (tertiary/aromatic N) is 1. The number of allylic oxidation sites excluding steroid dienone is 1. The van der Waals surface area contributed by atoms with Gasteiger partial charge < -0.3 is 14.9 Å². The van der Waals surface area contributed by atoms with Crippen molar-refractivity contribution in [2.75, 3.05) is 7.11 Å². The lowest BCUT2D eigenvalue weighted by Gasteiger charge is -2.70. The number of nitriles is 1. The summed E-state index contributed by atoms with van der Waals surface area (Å²) in [7, 11) is 1.44. The highest BCUT2D eigenvalue weighted by Crippen LogP contribution is 2.75. The Bertz CT molecular complexity index is 1230. The summed E-state index contributed by atoms with van der Waals surface area (Å²) in [5.41, 5.74) is -5.77. The average Bonchev–Trinajstić information content (AvgIpc) is 2.87. The first-order valence-electron chi connectivity index (χ1n) is 14.5. The van der Waals surface area contributed by atoms with Crippen molar-refractivity contribution in [1.29, 1.82) is 5.26 Å². The Kier molecular flexibility index (Phi) is 5.87. The summed E-state index contributed by atoms with van der Waals surface area (Å²) in [6.07, 6.45) is 5.01. The molecule has 0 aromatic heterocycles. The highest BCUT2D eigenvalue weighted by Gasteiger charge is 2.75. The molecule has 0 saturated heterocycles. The molecule has 0 aromatic rings. The first-order chi connectivity index (χ1) is 17.8. The van der Waals surface area contributed by atoms with Crippen LogP contribution in [-0.4, -0.2) is 46.6 Å². The van der Waals surface area contributed by atoms with E-state index in [-0.39, 0.29) is 34.9 Å². The number of ketones is 2. The summed E-state index contributed by atoms with van der Waals surface area (Å²) >= 11 is 0. The Hall–Kier alpha value is -2.04. The summed E-state index contributed by atoms with van der Waals surface area (Å²) in [5, 5.41) is 33.0. The van der Waals surface area contributed by atoms with E-state index in [1.165, 1.54) is 7.11 Å². The monoisotopic (exact) mass is 539 g/mol. The molecule has 0 bridgehead atoms. The zero-order valence-electron chi connectivity index (χ0n) is 24.8. The third-order valence-electron chi connectivity index (χ3n) is 13.1. The number of methoxy groups -OCH3 is 1. The van der Waals surface area contributed by atoms with E-state index in [1.807, 2.05) is 6.92 Å². The molecule has 5 aliphatic rings. The van der Waals surface area contributed by atoms with Crippen LogP contribution in [0.3, 0.4) is 0 Å². The van der Waals surface area contributed by atoms with Crippen molar-refractivity contribution < 1.29 is 29.3 Å². The fourth-order valence-electron chi connectivity index (χ4n) is 10.7. The van der Waals surface area contributed by atoms with Crippen LogP contribution in [0.2, 0.25) is 0 Å². The second-order valence-electron chi connectivity index (χ2n) is 15.5. The number of esters is 1. The first kappa shape index (κ1) is 28.5. The molecular weight excluding hydrogens is 494 g/mol. The molecule has 2 N–H and O–H groups in total. The quantitative estimate of drug-likeness (QED) is 0.370. The lowest BCUT2D eigenvalue weighted by molar-refractivity contribution is -0.213. The minimum atomic E-state index is -2.56. The van der Waals surface area contributed by atoms with Crippen LogP contribution < -0.4 is 0 Å². The maximum atomic E-state index is 14.4. The largest absolute Gasteiger partial charge is 0.469 e. The van der Waals surface area contributed by atoms with Crippen molar-refractivity contribution in [3.8, 4) is 6.07 Å². The van der Waals surface area contributed by atoms with Gasteiger partial charge in [0.15, 0.2) is 11.6 Å². The normalized spacial score (nSPS) is 49.8. The van der Waals surface area contributed by atoms with Crippen LogP contribution in [0.15, 0.2) is 11.6 Å². The predicted octanol–water partition coefficient (Wildman–Crippen LogP) is 4.54. The third kappa shape index (κ3) is 3.14. The fraction of sp³-hybridized carbons (Fsp3) is 0.812. The maximum absolute atomic E-state index is 14.4. The average molecular weight is 540 g/mol. The van der Waals surface area contributed by atoms with Gasteiger partial charge in [0.1, 0.15) is 12.2 Å². The molecule has 0 heterocycles. The number of hydrogen-bond acceptors (Lipinski definition) is 7. The van der Waals surface area contributed by atoms with Gasteiger partial charge in [0.2, 0.25) is 5.60 Å². The van der Waals surface area contributed by atoms with E-state index in [0.29, 0.717) is 25.7 Å². The number of ether oxygens (including phenoxy) is 1. The zero-order valence-corrected chi connectivity index (χ0v) is 24.8. The highest BCUT2D eigenvalue weighted by molar-refractivity contribution is 5.99. The molecule has 0 aromatic carbocycles. The number of carbonyl (C=O) groups is 3. The number of aliphatic hydroxyl groups excluding tert-OH is 1. The van der Waals surface area contributed by atoms with Crippen LogP contribution >= 0.6 is 0 Å². The number of carbonyl (C=O) groups excluding carboxylic acids is 3. The number of fused-ring (bicyclic) bond motifs is 7. The second kappa shape index (κ2) is 8.03. The van der Waals surface area contributed by atoms with Crippen LogP contribution in [0.4, 0.5) is 0 Å². The molecule has 4 saturated carbocycles. The molecule has 9 atom stereocenters. The second-order valence-corrected chi connectivity index (χ2v) is 15.5. The Balaban J connectivity index is 1.72. The summed E-state index contributed by atoms with van der Waals surface area (Å²) in [6, 6.07) is 1.74. The number of aliphatic hydroxyl groups is 2. The molecule has 7 nitrogen and oxygen atoms in total. The Morgan fingerprint density at radius 1 is 1.03 bits per heavy atom. The summed E-state index contributed by atoms with van der Waals surface area (Å²) in [6.45, 7) is 14.1. The third-order valence-corrected chi connectivity index (χ3v) is 13.1. The van der Waals surface area contributed by atoms with Gasteiger partial charge in [-0.25, -0.2) is 0 Å². The van der Waals surface area contributed by atoms with Gasteiger partial charge >= 0.3 is 5.97 Å². The molecule has 4 fully saturated rings. The first-order valence-corrected chi connectivity index (χ1v) is 14.5. The standard InChI is InChI=1S/C32H45NO6/c1-26(2)11-13-31(25(37)39-8)14-12-29(6)22(18(31)16-26)19(34)15-21-28(29,5)10-9-20-27(3,4)23(35)32(38,17-33)24(36)30(20,21)7/h15,18,20,22,24,36,38H,9-14,16H2,1-8H3. The Morgan fingerprint density at radius 3 is 2.23 bits per heavy atom. The molecule has 0 spiro atoms. The lowest BCUT2D eigenvalue weighted by atomic mass is 9.33. The van der Waals surface area contributed by atoms with Gasteiger partial charge in [0.25, 0.3) is 0 Å². The molecule has 9 unspecified atom stereocenters. The van der Waals surface area contributed by atoms with Crippen LogP contribution in [0.25, 0.3) is 0 Å². The van der Waals surface area contributed by atoms with Gasteiger partial charge in [0, 0.05) is 16.7 Å². The minimum absolute atomic E-state index is 0.0114. The van der Waals surface area contributed by atoms with Gasteiger partial charge in [-0.15, -0.1) is 0 Å². The SMILES string of the molecule is COC(=O)C12CCC(C)(C)CC1C1C(=O)C=C3C4(C)C(CCC3(C)C1(C)CC2)C(C)(C)C(=O)C(O)(C#N)C4O. The van der Waals surface area contributed by atoms with Crippen molar-refractivity contribution in [3.63, 3.8) is 0 Å².